The molecular formula is C29H37NO5. The van der Waals surface area contributed by atoms with Gasteiger partial charge in [0.25, 0.3) is 0 Å². The van der Waals surface area contributed by atoms with Gasteiger partial charge < -0.3 is 19.5 Å². The monoisotopic (exact) mass is 479 g/mol. The second kappa shape index (κ2) is 13.7. The summed E-state index contributed by atoms with van der Waals surface area (Å²) in [6.45, 7) is 6.52. The molecule has 0 aliphatic heterocycles. The van der Waals surface area contributed by atoms with Gasteiger partial charge in [-0.2, -0.15) is 0 Å². The number of esters is 1. The van der Waals surface area contributed by atoms with Crippen molar-refractivity contribution >= 4 is 11.9 Å². The molecule has 0 heterocycles. The van der Waals surface area contributed by atoms with Gasteiger partial charge in [0.2, 0.25) is 0 Å². The van der Waals surface area contributed by atoms with Gasteiger partial charge in [-0.15, -0.1) is 0 Å². The van der Waals surface area contributed by atoms with Crippen molar-refractivity contribution in [2.24, 2.45) is 11.8 Å². The zero-order chi connectivity index (χ0) is 25.0. The van der Waals surface area contributed by atoms with Crippen molar-refractivity contribution < 1.29 is 24.2 Å². The van der Waals surface area contributed by atoms with Crippen LogP contribution in [0.15, 0.2) is 66.7 Å². The van der Waals surface area contributed by atoms with Crippen molar-refractivity contribution in [3.05, 3.63) is 77.9 Å². The second-order valence-corrected chi connectivity index (χ2v) is 8.94. The molecule has 2 aromatic carbocycles. The third-order valence-electron chi connectivity index (χ3n) is 6.61. The third kappa shape index (κ3) is 7.96. The summed E-state index contributed by atoms with van der Waals surface area (Å²) in [7, 11) is 0. The standard InChI is InChI=1S/C29H37NO5/c1-3-30(4-2)20-24(35-29(33)26-16-10-9-15-25(26)28(31)32)21-34-27-17-11-8-14-23(27)19-18-22-12-6-5-7-13-22/h5-14,17,24-26H,3-4,15-16,18-21H2,1-2H3,(H,31,32). The fraction of sp³-hybridized carbons (Fsp3) is 0.448. The number of nitrogens with zero attached hydrogens (tertiary/aromatic N) is 1. The smallest absolute Gasteiger partial charge is 0.310 e. The van der Waals surface area contributed by atoms with Crippen LogP contribution in [0.3, 0.4) is 0 Å². The lowest BCUT2D eigenvalue weighted by molar-refractivity contribution is -0.163. The van der Waals surface area contributed by atoms with Crippen LogP contribution in [0.5, 0.6) is 5.75 Å². The van der Waals surface area contributed by atoms with E-state index in [0.29, 0.717) is 19.4 Å². The first-order chi connectivity index (χ1) is 17.0. The quantitative estimate of drug-likeness (QED) is 0.329. The average molecular weight is 480 g/mol. The minimum atomic E-state index is -0.958. The van der Waals surface area contributed by atoms with Crippen LogP contribution in [0.2, 0.25) is 0 Å². The fourth-order valence-electron chi connectivity index (χ4n) is 4.45. The molecule has 0 saturated heterocycles. The minimum absolute atomic E-state index is 0.213. The lowest BCUT2D eigenvalue weighted by atomic mass is 9.83. The fourth-order valence-corrected chi connectivity index (χ4v) is 4.45. The Labute approximate surface area is 208 Å². The highest BCUT2D eigenvalue weighted by atomic mass is 16.6. The number of benzene rings is 2. The van der Waals surface area contributed by atoms with Crippen LogP contribution in [0.25, 0.3) is 0 Å². The van der Waals surface area contributed by atoms with Gasteiger partial charge in [-0.05, 0) is 56.0 Å². The molecule has 6 nitrogen and oxygen atoms in total. The first-order valence-corrected chi connectivity index (χ1v) is 12.6. The molecule has 0 amide bonds. The van der Waals surface area contributed by atoms with E-state index in [2.05, 4.69) is 36.9 Å². The molecule has 3 unspecified atom stereocenters. The largest absolute Gasteiger partial charge is 0.489 e. The number of carbonyl (C=O) groups is 2. The van der Waals surface area contributed by atoms with Crippen molar-refractivity contribution in [3.8, 4) is 5.75 Å². The number of carbonyl (C=O) groups excluding carboxylic acids is 1. The topological polar surface area (TPSA) is 76.1 Å². The summed E-state index contributed by atoms with van der Waals surface area (Å²) >= 11 is 0. The summed E-state index contributed by atoms with van der Waals surface area (Å²) in [6.07, 6.45) is 5.68. The normalized spacial score (nSPS) is 18.3. The number of aryl methyl sites for hydroxylation is 2. The van der Waals surface area contributed by atoms with E-state index in [1.807, 2.05) is 48.6 Å². The number of rotatable bonds is 13. The summed E-state index contributed by atoms with van der Waals surface area (Å²) in [6, 6.07) is 18.3. The molecular weight excluding hydrogens is 442 g/mol. The maximum absolute atomic E-state index is 13.0. The number of hydrogen-bond donors (Lipinski definition) is 1. The van der Waals surface area contributed by atoms with Crippen LogP contribution in [-0.2, 0) is 27.2 Å². The van der Waals surface area contributed by atoms with Gasteiger partial charge in [-0.25, -0.2) is 0 Å². The van der Waals surface area contributed by atoms with Crippen LogP contribution < -0.4 is 4.74 Å². The first kappa shape index (κ1) is 26.5. The summed E-state index contributed by atoms with van der Waals surface area (Å²) in [4.78, 5) is 26.9. The molecule has 0 radical (unpaired) electrons. The van der Waals surface area contributed by atoms with Crippen molar-refractivity contribution in [2.45, 2.75) is 45.6 Å². The Hall–Kier alpha value is -3.12. The molecule has 0 bridgehead atoms. The molecule has 1 N–H and O–H groups in total. The summed E-state index contributed by atoms with van der Waals surface area (Å²) in [5, 5.41) is 9.55. The van der Waals surface area contributed by atoms with E-state index in [1.165, 1.54) is 5.56 Å². The SMILES string of the molecule is CCN(CC)CC(COc1ccccc1CCc1ccccc1)OC(=O)C1CC=CCC1C(=O)O. The Morgan fingerprint density at radius 3 is 2.29 bits per heavy atom. The number of carboxylic acid groups (broad SMARTS) is 1. The number of ether oxygens (including phenoxy) is 2. The summed E-state index contributed by atoms with van der Waals surface area (Å²) in [5.41, 5.74) is 2.37. The molecule has 1 aliphatic carbocycles. The van der Waals surface area contributed by atoms with Gasteiger partial charge in [0, 0.05) is 6.54 Å². The number of allylic oxidation sites excluding steroid dienone is 2. The van der Waals surface area contributed by atoms with Crippen molar-refractivity contribution in [2.75, 3.05) is 26.2 Å². The Morgan fingerprint density at radius 2 is 1.60 bits per heavy atom. The van der Waals surface area contributed by atoms with Gasteiger partial charge in [0.1, 0.15) is 18.5 Å². The van der Waals surface area contributed by atoms with E-state index in [0.717, 1.165) is 37.2 Å². The minimum Gasteiger partial charge on any atom is -0.489 e. The molecule has 0 fully saturated rings. The Morgan fingerprint density at radius 1 is 0.943 bits per heavy atom. The van der Waals surface area contributed by atoms with Gasteiger partial charge in [0.15, 0.2) is 0 Å². The van der Waals surface area contributed by atoms with E-state index < -0.39 is 29.9 Å². The molecule has 1 aliphatic rings. The highest BCUT2D eigenvalue weighted by Crippen LogP contribution is 2.28. The van der Waals surface area contributed by atoms with Crippen LogP contribution in [0, 0.1) is 11.8 Å². The lowest BCUT2D eigenvalue weighted by Crippen LogP contribution is -2.41. The number of carboxylic acids is 1. The molecule has 6 heteroatoms. The van der Waals surface area contributed by atoms with Crippen molar-refractivity contribution in [1.29, 1.82) is 0 Å². The molecule has 0 saturated carbocycles. The molecule has 0 aromatic heterocycles. The molecule has 0 spiro atoms. The number of likely N-dealkylation sites (N-methyl/N-ethyl adjacent to an activating group) is 1. The van der Waals surface area contributed by atoms with Crippen LogP contribution >= 0.6 is 0 Å². The predicted octanol–water partition coefficient (Wildman–Crippen LogP) is 4.77. The number of hydrogen-bond acceptors (Lipinski definition) is 5. The first-order valence-electron chi connectivity index (χ1n) is 12.6. The lowest BCUT2D eigenvalue weighted by Gasteiger charge is -2.29. The Bertz CT molecular complexity index is 970. The van der Waals surface area contributed by atoms with Crippen molar-refractivity contribution in [3.63, 3.8) is 0 Å². The third-order valence-corrected chi connectivity index (χ3v) is 6.61. The van der Waals surface area contributed by atoms with Gasteiger partial charge in [-0.3, -0.25) is 9.59 Å². The molecule has 3 rings (SSSR count). The molecule has 35 heavy (non-hydrogen) atoms. The van der Waals surface area contributed by atoms with Crippen LogP contribution in [-0.4, -0.2) is 54.3 Å². The van der Waals surface area contributed by atoms with E-state index in [4.69, 9.17) is 9.47 Å². The molecule has 3 atom stereocenters. The van der Waals surface area contributed by atoms with E-state index in [9.17, 15) is 14.7 Å². The van der Waals surface area contributed by atoms with E-state index in [1.54, 1.807) is 0 Å². The summed E-state index contributed by atoms with van der Waals surface area (Å²) in [5.74, 6) is -2.05. The molecule has 2 aromatic rings. The van der Waals surface area contributed by atoms with Gasteiger partial charge in [0.05, 0.1) is 11.8 Å². The Kier molecular flexibility index (Phi) is 10.4. The zero-order valence-electron chi connectivity index (χ0n) is 20.8. The Balaban J connectivity index is 1.68. The van der Waals surface area contributed by atoms with Crippen molar-refractivity contribution in [1.82, 2.24) is 4.90 Å². The second-order valence-electron chi connectivity index (χ2n) is 8.94. The predicted molar refractivity (Wildman–Crippen MR) is 136 cm³/mol. The number of aliphatic carboxylic acids is 1. The van der Waals surface area contributed by atoms with Gasteiger partial charge >= 0.3 is 11.9 Å². The average Bonchev–Trinajstić information content (AvgIpc) is 2.89. The zero-order valence-corrected chi connectivity index (χ0v) is 20.8. The summed E-state index contributed by atoms with van der Waals surface area (Å²) < 4.78 is 12.1. The van der Waals surface area contributed by atoms with Crippen LogP contribution in [0.4, 0.5) is 0 Å². The number of para-hydroxylation sites is 1. The van der Waals surface area contributed by atoms with E-state index >= 15 is 0 Å². The van der Waals surface area contributed by atoms with Gasteiger partial charge in [-0.1, -0.05) is 74.5 Å². The van der Waals surface area contributed by atoms with E-state index in [-0.39, 0.29) is 6.61 Å². The maximum atomic E-state index is 13.0. The molecule has 188 valence electrons. The highest BCUT2D eigenvalue weighted by molar-refractivity contribution is 5.81. The van der Waals surface area contributed by atoms with Crippen LogP contribution in [0.1, 0.15) is 37.8 Å². The highest BCUT2D eigenvalue weighted by Gasteiger charge is 2.36. The maximum Gasteiger partial charge on any atom is 0.310 e.